The van der Waals surface area contributed by atoms with Crippen molar-refractivity contribution in [2.24, 2.45) is 0 Å². The van der Waals surface area contributed by atoms with Gasteiger partial charge in [-0.05, 0) is 54.3 Å². The Balaban J connectivity index is 1.48. The molecule has 0 N–H and O–H groups in total. The first-order valence-corrected chi connectivity index (χ1v) is 9.34. The molecule has 0 aliphatic carbocycles. The van der Waals surface area contributed by atoms with Crippen LogP contribution in [0.25, 0.3) is 0 Å². The first-order chi connectivity index (χ1) is 12.6. The Kier molecular flexibility index (Phi) is 6.28. The molecule has 26 heavy (non-hydrogen) atoms. The first kappa shape index (κ1) is 18.9. The van der Waals surface area contributed by atoms with E-state index in [1.165, 1.54) is 5.56 Å². The maximum absolute atomic E-state index is 12.5. The van der Waals surface area contributed by atoms with Gasteiger partial charge in [0.15, 0.2) is 0 Å². The van der Waals surface area contributed by atoms with Crippen LogP contribution in [0.15, 0.2) is 36.4 Å². The first-order valence-electron chi connectivity index (χ1n) is 8.58. The molecule has 2 aromatic carbocycles. The van der Waals surface area contributed by atoms with E-state index >= 15 is 0 Å². The highest BCUT2D eigenvalue weighted by Crippen LogP contribution is 2.28. The number of fused-ring (bicyclic) bond motifs is 1. The molecule has 0 bridgehead atoms. The standard InChI is InChI=1S/C20H21Cl2NO3/c1-25-17-6-4-14-8-9-23(13-15(14)11-17)20(24)3-2-10-26-19-7-5-16(21)12-18(19)22/h4-7,11-12H,2-3,8-10,13H2,1H3. The molecule has 6 heteroatoms. The number of carbonyl (C=O) groups excluding carboxylic acids is 1. The number of ether oxygens (including phenoxy) is 2. The van der Waals surface area contributed by atoms with Crippen molar-refractivity contribution in [2.75, 3.05) is 20.3 Å². The number of carbonyl (C=O) groups is 1. The van der Waals surface area contributed by atoms with Gasteiger partial charge in [0, 0.05) is 24.5 Å². The molecule has 0 saturated heterocycles. The van der Waals surface area contributed by atoms with Crippen LogP contribution in [-0.4, -0.2) is 31.1 Å². The minimum Gasteiger partial charge on any atom is -0.497 e. The highest BCUT2D eigenvalue weighted by atomic mass is 35.5. The van der Waals surface area contributed by atoms with Crippen LogP contribution in [0.1, 0.15) is 24.0 Å². The summed E-state index contributed by atoms with van der Waals surface area (Å²) in [5.41, 5.74) is 2.45. The summed E-state index contributed by atoms with van der Waals surface area (Å²) in [6.45, 7) is 1.82. The van der Waals surface area contributed by atoms with Crippen LogP contribution < -0.4 is 9.47 Å². The number of amides is 1. The SMILES string of the molecule is COc1ccc2c(c1)CN(C(=O)CCCOc1ccc(Cl)cc1Cl)CC2. The van der Waals surface area contributed by atoms with Crippen molar-refractivity contribution in [1.29, 1.82) is 0 Å². The summed E-state index contributed by atoms with van der Waals surface area (Å²) >= 11 is 11.9. The van der Waals surface area contributed by atoms with Crippen molar-refractivity contribution in [3.63, 3.8) is 0 Å². The molecule has 0 aromatic heterocycles. The normalized spacial score (nSPS) is 13.3. The van der Waals surface area contributed by atoms with Crippen LogP contribution in [0, 0.1) is 0 Å². The molecule has 1 aliphatic rings. The minimum absolute atomic E-state index is 0.143. The van der Waals surface area contributed by atoms with Gasteiger partial charge in [-0.3, -0.25) is 4.79 Å². The maximum atomic E-state index is 12.5. The van der Waals surface area contributed by atoms with E-state index < -0.39 is 0 Å². The largest absolute Gasteiger partial charge is 0.497 e. The third-order valence-corrected chi connectivity index (χ3v) is 5.00. The van der Waals surface area contributed by atoms with Crippen LogP contribution in [0.3, 0.4) is 0 Å². The van der Waals surface area contributed by atoms with E-state index in [4.69, 9.17) is 32.7 Å². The fourth-order valence-corrected chi connectivity index (χ4v) is 3.49. The highest BCUT2D eigenvalue weighted by Gasteiger charge is 2.20. The Labute approximate surface area is 163 Å². The topological polar surface area (TPSA) is 38.8 Å². The van der Waals surface area contributed by atoms with Gasteiger partial charge >= 0.3 is 0 Å². The predicted octanol–water partition coefficient (Wildman–Crippen LogP) is 4.75. The third kappa shape index (κ3) is 4.63. The van der Waals surface area contributed by atoms with E-state index in [9.17, 15) is 4.79 Å². The number of hydrogen-bond donors (Lipinski definition) is 0. The van der Waals surface area contributed by atoms with E-state index in [2.05, 4.69) is 6.07 Å². The molecule has 1 heterocycles. The van der Waals surface area contributed by atoms with Gasteiger partial charge < -0.3 is 14.4 Å². The molecule has 1 aliphatic heterocycles. The Bertz CT molecular complexity index is 795. The van der Waals surface area contributed by atoms with Gasteiger partial charge in [-0.25, -0.2) is 0 Å². The Morgan fingerprint density at radius 3 is 2.77 bits per heavy atom. The molecule has 1 amide bonds. The fraction of sp³-hybridized carbons (Fsp3) is 0.350. The second-order valence-electron chi connectivity index (χ2n) is 6.23. The summed E-state index contributed by atoms with van der Waals surface area (Å²) in [6, 6.07) is 11.2. The maximum Gasteiger partial charge on any atom is 0.223 e. The zero-order valence-corrected chi connectivity index (χ0v) is 16.1. The summed E-state index contributed by atoms with van der Waals surface area (Å²) in [7, 11) is 1.65. The monoisotopic (exact) mass is 393 g/mol. The molecule has 3 rings (SSSR count). The van der Waals surface area contributed by atoms with E-state index in [0.717, 1.165) is 24.3 Å². The van der Waals surface area contributed by atoms with Crippen LogP contribution in [0.5, 0.6) is 11.5 Å². The summed E-state index contributed by atoms with van der Waals surface area (Å²) in [6.07, 6.45) is 1.96. The van der Waals surface area contributed by atoms with Crippen LogP contribution in [-0.2, 0) is 17.8 Å². The Morgan fingerprint density at radius 2 is 2.00 bits per heavy atom. The second kappa shape index (κ2) is 8.65. The summed E-state index contributed by atoms with van der Waals surface area (Å²) < 4.78 is 10.9. The smallest absolute Gasteiger partial charge is 0.223 e. The summed E-state index contributed by atoms with van der Waals surface area (Å²) in [5.74, 6) is 1.55. The Hall–Kier alpha value is -1.91. The van der Waals surface area contributed by atoms with Crippen molar-refractivity contribution in [3.8, 4) is 11.5 Å². The van der Waals surface area contributed by atoms with Crippen LogP contribution in [0.4, 0.5) is 0 Å². The number of benzene rings is 2. The van der Waals surface area contributed by atoms with Crippen LogP contribution >= 0.6 is 23.2 Å². The lowest BCUT2D eigenvalue weighted by Gasteiger charge is -2.29. The van der Waals surface area contributed by atoms with E-state index in [1.807, 2.05) is 17.0 Å². The molecule has 0 saturated carbocycles. The van der Waals surface area contributed by atoms with E-state index in [0.29, 0.717) is 41.8 Å². The lowest BCUT2D eigenvalue weighted by atomic mass is 9.99. The van der Waals surface area contributed by atoms with Crippen molar-refractivity contribution in [2.45, 2.75) is 25.8 Å². The van der Waals surface area contributed by atoms with Crippen molar-refractivity contribution >= 4 is 29.1 Å². The zero-order valence-electron chi connectivity index (χ0n) is 14.6. The molecule has 0 radical (unpaired) electrons. The molecule has 2 aromatic rings. The predicted molar refractivity (Wildman–Crippen MR) is 103 cm³/mol. The number of hydrogen-bond acceptors (Lipinski definition) is 3. The van der Waals surface area contributed by atoms with Gasteiger partial charge in [0.1, 0.15) is 11.5 Å². The quantitative estimate of drug-likeness (QED) is 0.664. The second-order valence-corrected chi connectivity index (χ2v) is 7.07. The highest BCUT2D eigenvalue weighted by molar-refractivity contribution is 6.35. The molecule has 0 spiro atoms. The molecule has 4 nitrogen and oxygen atoms in total. The average Bonchev–Trinajstić information content (AvgIpc) is 2.65. The van der Waals surface area contributed by atoms with Crippen molar-refractivity contribution < 1.29 is 14.3 Å². The third-order valence-electron chi connectivity index (χ3n) is 4.46. The van der Waals surface area contributed by atoms with Gasteiger partial charge in [0.25, 0.3) is 0 Å². The van der Waals surface area contributed by atoms with E-state index in [-0.39, 0.29) is 5.91 Å². The van der Waals surface area contributed by atoms with Gasteiger partial charge in [-0.2, -0.15) is 0 Å². The fourth-order valence-electron chi connectivity index (χ4n) is 3.03. The lowest BCUT2D eigenvalue weighted by Crippen LogP contribution is -2.36. The number of halogens is 2. The van der Waals surface area contributed by atoms with Crippen LogP contribution in [0.2, 0.25) is 10.0 Å². The van der Waals surface area contributed by atoms with Crippen molar-refractivity contribution in [3.05, 3.63) is 57.6 Å². The molecular weight excluding hydrogens is 373 g/mol. The molecule has 0 unspecified atom stereocenters. The van der Waals surface area contributed by atoms with Gasteiger partial charge in [0.2, 0.25) is 5.91 Å². The van der Waals surface area contributed by atoms with Gasteiger partial charge in [0.05, 0.1) is 18.7 Å². The Morgan fingerprint density at radius 1 is 1.15 bits per heavy atom. The van der Waals surface area contributed by atoms with Crippen molar-refractivity contribution in [1.82, 2.24) is 4.90 Å². The average molecular weight is 394 g/mol. The zero-order chi connectivity index (χ0) is 18.5. The summed E-state index contributed by atoms with van der Waals surface area (Å²) in [5, 5.41) is 1.05. The lowest BCUT2D eigenvalue weighted by molar-refractivity contribution is -0.132. The van der Waals surface area contributed by atoms with Gasteiger partial charge in [-0.15, -0.1) is 0 Å². The minimum atomic E-state index is 0.143. The van der Waals surface area contributed by atoms with Gasteiger partial charge in [-0.1, -0.05) is 29.3 Å². The number of rotatable bonds is 6. The molecule has 0 fully saturated rings. The molecule has 138 valence electrons. The number of nitrogens with zero attached hydrogens (tertiary/aromatic N) is 1. The molecular formula is C20H21Cl2NO3. The number of methoxy groups -OCH3 is 1. The summed E-state index contributed by atoms with van der Waals surface area (Å²) in [4.78, 5) is 14.4. The van der Waals surface area contributed by atoms with E-state index in [1.54, 1.807) is 25.3 Å². The molecule has 0 atom stereocenters.